The summed E-state index contributed by atoms with van der Waals surface area (Å²) in [6, 6.07) is 5.59. The number of hydrogen-bond donors (Lipinski definition) is 1. The van der Waals surface area contributed by atoms with Crippen LogP contribution in [0, 0.1) is 0 Å². The van der Waals surface area contributed by atoms with Gasteiger partial charge in [0.05, 0.1) is 20.7 Å². The average Bonchev–Trinajstić information content (AvgIpc) is 2.47. The number of halogens is 2. The van der Waals surface area contributed by atoms with Gasteiger partial charge in [0.15, 0.2) is 0 Å². The summed E-state index contributed by atoms with van der Waals surface area (Å²) in [6.45, 7) is -0.0374. The number of fused-ring (bicyclic) bond motifs is 1. The van der Waals surface area contributed by atoms with E-state index in [2.05, 4.69) is 0 Å². The molecule has 0 aliphatic rings. The lowest BCUT2D eigenvalue weighted by molar-refractivity contribution is 0.282. The molecule has 1 aromatic heterocycles. The number of benzene rings is 1. The molecule has 1 nitrogen and oxygen atoms in total. The van der Waals surface area contributed by atoms with E-state index in [1.165, 1.54) is 11.3 Å². The Kier molecular flexibility index (Phi) is 2.47. The molecular weight excluding hydrogens is 227 g/mol. The van der Waals surface area contributed by atoms with Gasteiger partial charge in [-0.15, -0.1) is 11.3 Å². The van der Waals surface area contributed by atoms with Crippen molar-refractivity contribution in [2.24, 2.45) is 0 Å². The van der Waals surface area contributed by atoms with E-state index in [0.29, 0.717) is 9.36 Å². The fourth-order valence-corrected chi connectivity index (χ4v) is 2.74. The van der Waals surface area contributed by atoms with Gasteiger partial charge in [0.1, 0.15) is 0 Å². The van der Waals surface area contributed by atoms with Crippen molar-refractivity contribution in [3.63, 3.8) is 0 Å². The van der Waals surface area contributed by atoms with E-state index in [0.717, 1.165) is 15.6 Å². The van der Waals surface area contributed by atoms with Crippen molar-refractivity contribution < 1.29 is 5.11 Å². The summed E-state index contributed by atoms with van der Waals surface area (Å²) in [6.07, 6.45) is 0. The van der Waals surface area contributed by atoms with Crippen molar-refractivity contribution >= 4 is 44.6 Å². The Morgan fingerprint density at radius 1 is 1.31 bits per heavy atom. The molecule has 13 heavy (non-hydrogen) atoms. The van der Waals surface area contributed by atoms with Crippen LogP contribution in [0.1, 0.15) is 5.56 Å². The molecule has 2 rings (SSSR count). The van der Waals surface area contributed by atoms with Crippen molar-refractivity contribution in [1.29, 1.82) is 0 Å². The molecule has 4 heteroatoms. The molecule has 0 bridgehead atoms. The molecule has 0 saturated heterocycles. The molecule has 0 atom stereocenters. The van der Waals surface area contributed by atoms with Gasteiger partial charge in [-0.25, -0.2) is 0 Å². The van der Waals surface area contributed by atoms with Crippen LogP contribution in [0.3, 0.4) is 0 Å². The third-order valence-corrected chi connectivity index (χ3v) is 3.69. The number of rotatable bonds is 1. The van der Waals surface area contributed by atoms with Crippen LogP contribution in [0.2, 0.25) is 9.36 Å². The predicted octanol–water partition coefficient (Wildman–Crippen LogP) is 3.70. The zero-order valence-electron chi connectivity index (χ0n) is 6.55. The molecular formula is C9H6Cl2OS. The lowest BCUT2D eigenvalue weighted by atomic mass is 10.2. The second-order valence-electron chi connectivity index (χ2n) is 2.67. The minimum Gasteiger partial charge on any atom is -0.392 e. The summed E-state index contributed by atoms with van der Waals surface area (Å²) < 4.78 is 1.66. The quantitative estimate of drug-likeness (QED) is 0.796. The van der Waals surface area contributed by atoms with Crippen LogP contribution in [-0.2, 0) is 6.61 Å². The highest BCUT2D eigenvalue weighted by atomic mass is 35.5. The average molecular weight is 233 g/mol. The minimum absolute atomic E-state index is 0.0374. The molecule has 0 unspecified atom stereocenters. The summed E-state index contributed by atoms with van der Waals surface area (Å²) in [7, 11) is 0. The largest absolute Gasteiger partial charge is 0.392 e. The molecule has 2 aromatic rings. The van der Waals surface area contributed by atoms with Crippen molar-refractivity contribution in [1.82, 2.24) is 0 Å². The first-order chi connectivity index (χ1) is 6.22. The topological polar surface area (TPSA) is 20.2 Å². The fraction of sp³-hybridized carbons (Fsp3) is 0.111. The van der Waals surface area contributed by atoms with Crippen LogP contribution < -0.4 is 0 Å². The summed E-state index contributed by atoms with van der Waals surface area (Å²) in [4.78, 5) is 0. The van der Waals surface area contributed by atoms with Gasteiger partial charge in [-0.05, 0) is 17.0 Å². The molecule has 0 saturated carbocycles. The number of hydrogen-bond acceptors (Lipinski definition) is 2. The third kappa shape index (κ3) is 1.55. The Labute approximate surface area is 89.5 Å². The van der Waals surface area contributed by atoms with Gasteiger partial charge in [-0.1, -0.05) is 35.3 Å². The minimum atomic E-state index is -0.0374. The Bertz CT molecular complexity index is 450. The van der Waals surface area contributed by atoms with Gasteiger partial charge < -0.3 is 5.11 Å². The molecule has 1 N–H and O–H groups in total. The highest BCUT2D eigenvalue weighted by Crippen LogP contribution is 2.36. The summed E-state index contributed by atoms with van der Waals surface area (Å²) in [5, 5.41) is 10.6. The van der Waals surface area contributed by atoms with Gasteiger partial charge >= 0.3 is 0 Å². The van der Waals surface area contributed by atoms with Gasteiger partial charge in [0.2, 0.25) is 0 Å². The Morgan fingerprint density at radius 3 is 2.77 bits per heavy atom. The highest BCUT2D eigenvalue weighted by Gasteiger charge is 2.07. The van der Waals surface area contributed by atoms with Crippen LogP contribution in [0.15, 0.2) is 18.2 Å². The maximum absolute atomic E-state index is 8.97. The van der Waals surface area contributed by atoms with E-state index in [1.54, 1.807) is 0 Å². The first-order valence-corrected chi connectivity index (χ1v) is 5.27. The monoisotopic (exact) mass is 232 g/mol. The van der Waals surface area contributed by atoms with E-state index in [9.17, 15) is 0 Å². The number of thiophene rings is 1. The molecule has 0 aliphatic heterocycles. The lowest BCUT2D eigenvalue weighted by Crippen LogP contribution is -1.83. The van der Waals surface area contributed by atoms with E-state index in [1.807, 2.05) is 18.2 Å². The number of aliphatic hydroxyl groups is 1. The van der Waals surface area contributed by atoms with Gasteiger partial charge in [-0.2, -0.15) is 0 Å². The van der Waals surface area contributed by atoms with Crippen LogP contribution in [0.25, 0.3) is 10.1 Å². The Morgan fingerprint density at radius 2 is 2.08 bits per heavy atom. The van der Waals surface area contributed by atoms with Crippen LogP contribution in [0.5, 0.6) is 0 Å². The second kappa shape index (κ2) is 3.46. The van der Waals surface area contributed by atoms with Crippen molar-refractivity contribution in [2.45, 2.75) is 6.61 Å². The van der Waals surface area contributed by atoms with E-state index >= 15 is 0 Å². The smallest absolute Gasteiger partial charge is 0.0941 e. The van der Waals surface area contributed by atoms with E-state index < -0.39 is 0 Å². The Hall–Kier alpha value is -0.280. The molecule has 0 fully saturated rings. The summed E-state index contributed by atoms with van der Waals surface area (Å²) >= 11 is 13.3. The van der Waals surface area contributed by atoms with Gasteiger partial charge in [0.25, 0.3) is 0 Å². The normalized spacial score (nSPS) is 11.0. The predicted molar refractivity (Wildman–Crippen MR) is 57.8 cm³/mol. The first kappa shape index (κ1) is 9.28. The SMILES string of the molecule is OCc1ccc2cc(Cl)sc2c1Cl. The number of aliphatic hydroxyl groups excluding tert-OH is 1. The van der Waals surface area contributed by atoms with Crippen molar-refractivity contribution in [3.05, 3.63) is 33.1 Å². The molecule has 68 valence electrons. The summed E-state index contributed by atoms with van der Waals surface area (Å²) in [5.74, 6) is 0. The molecule has 1 aromatic carbocycles. The first-order valence-electron chi connectivity index (χ1n) is 3.69. The van der Waals surface area contributed by atoms with Crippen LogP contribution in [0.4, 0.5) is 0 Å². The van der Waals surface area contributed by atoms with E-state index in [-0.39, 0.29) is 6.61 Å². The Balaban J connectivity index is 2.78. The zero-order valence-corrected chi connectivity index (χ0v) is 8.88. The van der Waals surface area contributed by atoms with Crippen molar-refractivity contribution in [2.75, 3.05) is 0 Å². The maximum atomic E-state index is 8.97. The molecule has 0 radical (unpaired) electrons. The molecule has 0 aliphatic carbocycles. The maximum Gasteiger partial charge on any atom is 0.0941 e. The molecule has 0 amide bonds. The van der Waals surface area contributed by atoms with E-state index in [4.69, 9.17) is 28.3 Å². The molecule has 0 spiro atoms. The van der Waals surface area contributed by atoms with Crippen molar-refractivity contribution in [3.8, 4) is 0 Å². The standard InChI is InChI=1S/C9H6Cl2OS/c10-7-3-5-1-2-6(4-12)8(11)9(5)13-7/h1-3,12H,4H2. The van der Waals surface area contributed by atoms with Gasteiger partial charge in [0, 0.05) is 0 Å². The molecule has 1 heterocycles. The highest BCUT2D eigenvalue weighted by molar-refractivity contribution is 7.23. The third-order valence-electron chi connectivity index (χ3n) is 1.85. The fourth-order valence-electron chi connectivity index (χ4n) is 1.20. The lowest BCUT2D eigenvalue weighted by Gasteiger charge is -1.99. The van der Waals surface area contributed by atoms with Crippen LogP contribution >= 0.6 is 34.5 Å². The van der Waals surface area contributed by atoms with Gasteiger partial charge in [-0.3, -0.25) is 0 Å². The van der Waals surface area contributed by atoms with Crippen LogP contribution in [-0.4, -0.2) is 5.11 Å². The second-order valence-corrected chi connectivity index (χ2v) is 4.73. The zero-order chi connectivity index (χ0) is 9.42. The summed E-state index contributed by atoms with van der Waals surface area (Å²) in [5.41, 5.74) is 0.743.